The van der Waals surface area contributed by atoms with Crippen molar-refractivity contribution in [1.82, 2.24) is 19.4 Å². The number of imidazole rings is 1. The van der Waals surface area contributed by atoms with Gasteiger partial charge in [-0.25, -0.2) is 4.98 Å². The third-order valence-electron chi connectivity index (χ3n) is 2.96. The Morgan fingerprint density at radius 3 is 2.26 bits per heavy atom. The summed E-state index contributed by atoms with van der Waals surface area (Å²) < 4.78 is 1.78. The number of carbonyl (C=O) groups excluding carboxylic acids is 1. The van der Waals surface area contributed by atoms with E-state index in [1.54, 1.807) is 46.7 Å². The predicted molar refractivity (Wildman–Crippen MR) is 94.1 cm³/mol. The molecule has 0 aliphatic carbocycles. The fraction of sp³-hybridized carbons (Fsp3) is 0.167. The van der Waals surface area contributed by atoms with Gasteiger partial charge in [0.2, 0.25) is 5.91 Å². The van der Waals surface area contributed by atoms with Crippen LogP contribution in [0.15, 0.2) is 69.1 Å². The molecule has 1 aliphatic heterocycles. The molecule has 0 spiro atoms. The molecule has 1 aliphatic rings. The van der Waals surface area contributed by atoms with Crippen molar-refractivity contribution < 1.29 is 4.79 Å². The number of likely N-dealkylation sites (tertiary alicyclic amines) is 1. The highest BCUT2D eigenvalue weighted by molar-refractivity contribution is 5.78. The van der Waals surface area contributed by atoms with Gasteiger partial charge in [-0.15, -0.1) is 0 Å². The number of hydrogen-bond donors (Lipinski definition) is 0. The van der Waals surface area contributed by atoms with Gasteiger partial charge >= 0.3 is 0 Å². The Hall–Kier alpha value is -2.95. The molecule has 0 atom stereocenters. The first-order valence-electron chi connectivity index (χ1n) is 7.26. The Morgan fingerprint density at radius 1 is 1.13 bits per heavy atom. The molecule has 5 heteroatoms. The van der Waals surface area contributed by atoms with Gasteiger partial charge in [0.25, 0.3) is 0 Å². The third kappa shape index (κ3) is 7.04. The predicted octanol–water partition coefficient (Wildman–Crippen LogP) is 3.46. The average Bonchev–Trinajstić information content (AvgIpc) is 3.27. The first-order chi connectivity index (χ1) is 11.2. The first kappa shape index (κ1) is 18.1. The summed E-state index contributed by atoms with van der Waals surface area (Å²) in [5, 5.41) is 0. The molecule has 2 aromatic rings. The van der Waals surface area contributed by atoms with E-state index in [1.165, 1.54) is 0 Å². The maximum Gasteiger partial charge on any atom is 0.226 e. The quantitative estimate of drug-likeness (QED) is 0.872. The Balaban J connectivity index is 0.000000173. The van der Waals surface area contributed by atoms with Gasteiger partial charge in [-0.3, -0.25) is 9.78 Å². The highest BCUT2D eigenvalue weighted by Crippen LogP contribution is 2.08. The zero-order chi connectivity index (χ0) is 16.9. The molecule has 5 nitrogen and oxygen atoms in total. The van der Waals surface area contributed by atoms with Crippen LogP contribution in [0.25, 0.3) is 12.3 Å². The van der Waals surface area contributed by atoms with Crippen LogP contribution in [0.4, 0.5) is 0 Å². The normalized spacial score (nSPS) is 12.3. The smallest absolute Gasteiger partial charge is 0.226 e. The van der Waals surface area contributed by atoms with E-state index in [-0.39, 0.29) is 5.91 Å². The molecule has 3 rings (SSSR count). The minimum atomic E-state index is 0.208. The molecule has 0 N–H and O–H groups in total. The van der Waals surface area contributed by atoms with E-state index >= 15 is 0 Å². The van der Waals surface area contributed by atoms with E-state index in [4.69, 9.17) is 0 Å². The number of hydrogen-bond acceptors (Lipinski definition) is 3. The van der Waals surface area contributed by atoms with Crippen molar-refractivity contribution in [3.05, 3.63) is 74.7 Å². The Bertz CT molecular complexity index is 605. The molecule has 0 saturated carbocycles. The number of amides is 1. The second-order valence-corrected chi connectivity index (χ2v) is 4.52. The zero-order valence-corrected chi connectivity index (χ0v) is 13.2. The minimum absolute atomic E-state index is 0.208. The van der Waals surface area contributed by atoms with Crippen LogP contribution in [0.3, 0.4) is 0 Å². The molecule has 3 heterocycles. The van der Waals surface area contributed by atoms with Crippen molar-refractivity contribution in [1.29, 1.82) is 0 Å². The van der Waals surface area contributed by atoms with Crippen LogP contribution in [0.5, 0.6) is 0 Å². The highest BCUT2D eigenvalue weighted by Gasteiger charge is 2.15. The average molecular weight is 310 g/mol. The van der Waals surface area contributed by atoms with Crippen LogP contribution in [0.2, 0.25) is 0 Å². The fourth-order valence-electron chi connectivity index (χ4n) is 1.74. The van der Waals surface area contributed by atoms with Gasteiger partial charge in [-0.2, -0.15) is 0 Å². The number of rotatable bonds is 3. The summed E-state index contributed by atoms with van der Waals surface area (Å²) in [5.41, 5.74) is 0.924. The van der Waals surface area contributed by atoms with Crippen LogP contribution in [-0.4, -0.2) is 31.9 Å². The maximum atomic E-state index is 10.7. The van der Waals surface area contributed by atoms with Crippen LogP contribution in [-0.2, 0) is 4.79 Å². The fourth-order valence-corrected chi connectivity index (χ4v) is 1.74. The first-order valence-corrected chi connectivity index (χ1v) is 7.26. The standard InChI is InChI=1S/C7H7N.C6H9NO.C5H6N2/c1-2-7-5-3-4-6-8-7;1-2-7-5-3-4-6(7)8;1-2-7-4-3-6-5-7/h2-6H,1H2;2H,1,3-5H2;2-5H,1H2. The van der Waals surface area contributed by atoms with Crippen molar-refractivity contribution in [2.45, 2.75) is 12.8 Å². The lowest BCUT2D eigenvalue weighted by molar-refractivity contribution is -0.125. The molecule has 0 bridgehead atoms. The number of carbonyl (C=O) groups is 1. The van der Waals surface area contributed by atoms with Gasteiger partial charge in [-0.05, 0) is 30.8 Å². The molecular formula is C18H22N4O. The largest absolute Gasteiger partial charge is 0.320 e. The molecular weight excluding hydrogens is 288 g/mol. The highest BCUT2D eigenvalue weighted by atomic mass is 16.2. The van der Waals surface area contributed by atoms with Gasteiger partial charge in [0.05, 0.1) is 12.0 Å². The summed E-state index contributed by atoms with van der Waals surface area (Å²) in [4.78, 5) is 20.1. The lowest BCUT2D eigenvalue weighted by Gasteiger charge is -2.05. The van der Waals surface area contributed by atoms with Crippen molar-refractivity contribution in [3.8, 4) is 0 Å². The van der Waals surface area contributed by atoms with E-state index in [1.807, 2.05) is 24.4 Å². The summed E-state index contributed by atoms with van der Waals surface area (Å²) in [6, 6.07) is 5.73. The number of aromatic nitrogens is 3. The third-order valence-corrected chi connectivity index (χ3v) is 2.96. The molecule has 23 heavy (non-hydrogen) atoms. The Kier molecular flexibility index (Phi) is 8.44. The Labute approximate surface area is 137 Å². The van der Waals surface area contributed by atoms with E-state index in [0.717, 1.165) is 18.7 Å². The molecule has 2 aromatic heterocycles. The van der Waals surface area contributed by atoms with E-state index in [2.05, 4.69) is 29.7 Å². The second kappa shape index (κ2) is 10.7. The molecule has 120 valence electrons. The van der Waals surface area contributed by atoms with Gasteiger partial charge < -0.3 is 9.47 Å². The lowest BCUT2D eigenvalue weighted by atomic mass is 10.4. The number of pyridine rings is 1. The van der Waals surface area contributed by atoms with Crippen molar-refractivity contribution in [2.24, 2.45) is 0 Å². The molecule has 1 saturated heterocycles. The van der Waals surface area contributed by atoms with Crippen LogP contribution in [0.1, 0.15) is 18.5 Å². The van der Waals surface area contributed by atoms with Gasteiger partial charge in [-0.1, -0.05) is 25.8 Å². The molecule has 1 amide bonds. The molecule has 0 aromatic carbocycles. The summed E-state index contributed by atoms with van der Waals surface area (Å²) >= 11 is 0. The van der Waals surface area contributed by atoms with Crippen molar-refractivity contribution in [2.75, 3.05) is 6.54 Å². The van der Waals surface area contributed by atoms with Gasteiger partial charge in [0.15, 0.2) is 0 Å². The zero-order valence-electron chi connectivity index (χ0n) is 13.2. The second-order valence-electron chi connectivity index (χ2n) is 4.52. The monoisotopic (exact) mass is 310 g/mol. The van der Waals surface area contributed by atoms with Crippen molar-refractivity contribution in [3.63, 3.8) is 0 Å². The van der Waals surface area contributed by atoms with Crippen LogP contribution in [0, 0.1) is 0 Å². The minimum Gasteiger partial charge on any atom is -0.320 e. The van der Waals surface area contributed by atoms with Gasteiger partial charge in [0.1, 0.15) is 0 Å². The molecule has 0 radical (unpaired) electrons. The maximum absolute atomic E-state index is 10.7. The van der Waals surface area contributed by atoms with Crippen molar-refractivity contribution >= 4 is 18.2 Å². The Morgan fingerprint density at radius 2 is 1.96 bits per heavy atom. The molecule has 1 fully saturated rings. The van der Waals surface area contributed by atoms with E-state index < -0.39 is 0 Å². The molecule has 0 unspecified atom stereocenters. The summed E-state index contributed by atoms with van der Waals surface area (Å²) in [6.07, 6.45) is 13.7. The van der Waals surface area contributed by atoms with Gasteiger partial charge in [0, 0.05) is 37.8 Å². The summed E-state index contributed by atoms with van der Waals surface area (Å²) in [6.45, 7) is 11.5. The van der Waals surface area contributed by atoms with E-state index in [0.29, 0.717) is 6.42 Å². The number of nitrogens with zero attached hydrogens (tertiary/aromatic N) is 4. The van der Waals surface area contributed by atoms with E-state index in [9.17, 15) is 4.79 Å². The SMILES string of the molecule is C=CN1CCCC1=O.C=Cc1ccccn1.C=Cn1ccnc1. The topological polar surface area (TPSA) is 51.0 Å². The summed E-state index contributed by atoms with van der Waals surface area (Å²) in [7, 11) is 0. The summed E-state index contributed by atoms with van der Waals surface area (Å²) in [5.74, 6) is 0.208. The lowest BCUT2D eigenvalue weighted by Crippen LogP contribution is -2.16. The van der Waals surface area contributed by atoms with Crippen LogP contribution < -0.4 is 0 Å². The van der Waals surface area contributed by atoms with Crippen LogP contribution >= 0.6 is 0 Å².